The Balaban J connectivity index is 1.71. The number of nitrogens with zero attached hydrogens (tertiary/aromatic N) is 3. The van der Waals surface area contributed by atoms with E-state index in [0.717, 1.165) is 24.0 Å². The quantitative estimate of drug-likeness (QED) is 0.865. The summed E-state index contributed by atoms with van der Waals surface area (Å²) in [5.74, 6) is 1.10. The smallest absolute Gasteiger partial charge is 0.243 e. The lowest BCUT2D eigenvalue weighted by Gasteiger charge is -2.13. The van der Waals surface area contributed by atoms with E-state index in [-0.39, 0.29) is 5.38 Å². The molecule has 1 aliphatic carbocycles. The van der Waals surface area contributed by atoms with Gasteiger partial charge in [0.1, 0.15) is 5.52 Å². The van der Waals surface area contributed by atoms with Gasteiger partial charge in [-0.2, -0.15) is 0 Å². The van der Waals surface area contributed by atoms with Crippen LogP contribution >= 0.6 is 11.6 Å². The summed E-state index contributed by atoms with van der Waals surface area (Å²) in [5, 5.41) is 11.7. The Hall–Kier alpha value is -1.42. The zero-order valence-electron chi connectivity index (χ0n) is 10.0. The van der Waals surface area contributed by atoms with Crippen LogP contribution in [0.3, 0.4) is 0 Å². The van der Waals surface area contributed by atoms with Gasteiger partial charge < -0.3 is 5.32 Å². The fraction of sp³-hybridized carbons (Fsp3) is 0.462. The SMILES string of the molecule is ClC1CCCC1CNc1nnc2ccccc2n1. The van der Waals surface area contributed by atoms with Crippen molar-refractivity contribution in [2.24, 2.45) is 5.92 Å². The molecule has 0 amide bonds. The number of hydrogen-bond acceptors (Lipinski definition) is 4. The lowest BCUT2D eigenvalue weighted by Crippen LogP contribution is -2.19. The summed E-state index contributed by atoms with van der Waals surface area (Å²) in [6, 6.07) is 7.73. The Kier molecular flexibility index (Phi) is 3.28. The number of halogens is 1. The lowest BCUT2D eigenvalue weighted by molar-refractivity contribution is 0.583. The van der Waals surface area contributed by atoms with E-state index in [1.165, 1.54) is 12.8 Å². The summed E-state index contributed by atoms with van der Waals surface area (Å²) < 4.78 is 0. The van der Waals surface area contributed by atoms with Crippen LogP contribution in [0.5, 0.6) is 0 Å². The van der Waals surface area contributed by atoms with E-state index in [0.29, 0.717) is 11.9 Å². The molecule has 0 saturated heterocycles. The second-order valence-corrected chi connectivity index (χ2v) is 5.27. The maximum absolute atomic E-state index is 6.24. The van der Waals surface area contributed by atoms with E-state index in [2.05, 4.69) is 20.5 Å². The van der Waals surface area contributed by atoms with E-state index in [1.54, 1.807) is 0 Å². The molecule has 94 valence electrons. The fourth-order valence-electron chi connectivity index (χ4n) is 2.40. The summed E-state index contributed by atoms with van der Waals surface area (Å²) in [6.07, 6.45) is 3.52. The van der Waals surface area contributed by atoms with Crippen LogP contribution in [0.25, 0.3) is 11.0 Å². The molecule has 1 N–H and O–H groups in total. The monoisotopic (exact) mass is 262 g/mol. The molecule has 3 rings (SSSR count). The number of aromatic nitrogens is 3. The summed E-state index contributed by atoms with van der Waals surface area (Å²) in [5.41, 5.74) is 1.68. The highest BCUT2D eigenvalue weighted by molar-refractivity contribution is 6.20. The van der Waals surface area contributed by atoms with Gasteiger partial charge in [0.05, 0.1) is 5.52 Å². The van der Waals surface area contributed by atoms with Crippen molar-refractivity contribution in [3.05, 3.63) is 24.3 Å². The van der Waals surface area contributed by atoms with Gasteiger partial charge in [0.15, 0.2) is 0 Å². The van der Waals surface area contributed by atoms with E-state index in [4.69, 9.17) is 11.6 Å². The largest absolute Gasteiger partial charge is 0.353 e. The number of fused-ring (bicyclic) bond motifs is 1. The first-order valence-electron chi connectivity index (χ1n) is 6.30. The maximum Gasteiger partial charge on any atom is 0.243 e. The van der Waals surface area contributed by atoms with Crippen molar-refractivity contribution in [3.8, 4) is 0 Å². The van der Waals surface area contributed by atoms with Crippen LogP contribution in [0.2, 0.25) is 0 Å². The predicted molar refractivity (Wildman–Crippen MR) is 72.8 cm³/mol. The first kappa shape index (κ1) is 11.7. The average Bonchev–Trinajstić information content (AvgIpc) is 2.82. The topological polar surface area (TPSA) is 50.7 Å². The molecule has 18 heavy (non-hydrogen) atoms. The molecule has 0 spiro atoms. The number of alkyl halides is 1. The average molecular weight is 263 g/mol. The highest BCUT2D eigenvalue weighted by atomic mass is 35.5. The molecule has 1 heterocycles. The van der Waals surface area contributed by atoms with Gasteiger partial charge in [-0.3, -0.25) is 0 Å². The van der Waals surface area contributed by atoms with Gasteiger partial charge in [-0.25, -0.2) is 4.98 Å². The fourth-order valence-corrected chi connectivity index (χ4v) is 2.77. The van der Waals surface area contributed by atoms with Crippen molar-refractivity contribution in [2.75, 3.05) is 11.9 Å². The summed E-state index contributed by atoms with van der Waals surface area (Å²) in [6.45, 7) is 0.828. The highest BCUT2D eigenvalue weighted by Crippen LogP contribution is 2.29. The second-order valence-electron chi connectivity index (χ2n) is 4.71. The zero-order chi connectivity index (χ0) is 12.4. The second kappa shape index (κ2) is 5.06. The molecule has 4 nitrogen and oxygen atoms in total. The number of rotatable bonds is 3. The van der Waals surface area contributed by atoms with Crippen LogP contribution in [0.1, 0.15) is 19.3 Å². The van der Waals surface area contributed by atoms with Crippen LogP contribution in [-0.2, 0) is 0 Å². The van der Waals surface area contributed by atoms with Gasteiger partial charge in [0, 0.05) is 11.9 Å². The molecular formula is C13H15ClN4. The van der Waals surface area contributed by atoms with Crippen LogP contribution in [0.15, 0.2) is 24.3 Å². The minimum absolute atomic E-state index is 0.283. The minimum atomic E-state index is 0.283. The molecule has 1 fully saturated rings. The molecule has 0 aliphatic heterocycles. The van der Waals surface area contributed by atoms with Crippen molar-refractivity contribution >= 4 is 28.6 Å². The zero-order valence-corrected chi connectivity index (χ0v) is 10.8. The Bertz CT molecular complexity index is 545. The van der Waals surface area contributed by atoms with Crippen molar-refractivity contribution in [1.82, 2.24) is 15.2 Å². The molecule has 1 aliphatic rings. The van der Waals surface area contributed by atoms with Crippen molar-refractivity contribution in [1.29, 1.82) is 0 Å². The Morgan fingerprint density at radius 3 is 2.78 bits per heavy atom. The first-order chi connectivity index (χ1) is 8.83. The lowest BCUT2D eigenvalue weighted by atomic mass is 10.1. The van der Waals surface area contributed by atoms with Crippen molar-refractivity contribution < 1.29 is 0 Å². The van der Waals surface area contributed by atoms with Crippen LogP contribution in [0.4, 0.5) is 5.95 Å². The molecule has 2 unspecified atom stereocenters. The number of anilines is 1. The Morgan fingerprint density at radius 1 is 1.17 bits per heavy atom. The van der Waals surface area contributed by atoms with E-state index < -0.39 is 0 Å². The summed E-state index contributed by atoms with van der Waals surface area (Å²) >= 11 is 6.24. The van der Waals surface area contributed by atoms with Gasteiger partial charge in [-0.05, 0) is 30.9 Å². The standard InChI is InChI=1S/C13H15ClN4/c14-10-5-3-4-9(10)8-15-13-16-11-6-1-2-7-12(11)17-18-13/h1-2,6-7,9-10H,3-5,8H2,(H,15,16,18). The Morgan fingerprint density at radius 2 is 2.00 bits per heavy atom. The first-order valence-corrected chi connectivity index (χ1v) is 6.74. The molecule has 1 aromatic carbocycles. The predicted octanol–water partition coefficient (Wildman–Crippen LogP) is 2.84. The molecule has 5 heteroatoms. The van der Waals surface area contributed by atoms with Gasteiger partial charge in [0.2, 0.25) is 5.95 Å². The number of hydrogen-bond donors (Lipinski definition) is 1. The van der Waals surface area contributed by atoms with Crippen LogP contribution in [0, 0.1) is 5.92 Å². The normalized spacial score (nSPS) is 23.4. The summed E-state index contributed by atoms with van der Waals surface area (Å²) in [4.78, 5) is 4.43. The third-order valence-corrected chi connectivity index (χ3v) is 4.02. The van der Waals surface area contributed by atoms with Gasteiger partial charge >= 0.3 is 0 Å². The highest BCUT2D eigenvalue weighted by Gasteiger charge is 2.25. The van der Waals surface area contributed by atoms with Crippen LogP contribution in [-0.4, -0.2) is 27.1 Å². The van der Waals surface area contributed by atoms with Crippen molar-refractivity contribution in [2.45, 2.75) is 24.6 Å². The molecule has 1 saturated carbocycles. The molecular weight excluding hydrogens is 248 g/mol. The molecule has 2 atom stereocenters. The molecule has 0 radical (unpaired) electrons. The minimum Gasteiger partial charge on any atom is -0.353 e. The number of nitrogens with one attached hydrogen (secondary N) is 1. The number of para-hydroxylation sites is 1. The third-order valence-electron chi connectivity index (χ3n) is 3.45. The van der Waals surface area contributed by atoms with Gasteiger partial charge in [-0.15, -0.1) is 21.8 Å². The molecule has 0 bridgehead atoms. The van der Waals surface area contributed by atoms with E-state index in [1.807, 2.05) is 24.3 Å². The van der Waals surface area contributed by atoms with Gasteiger partial charge in [-0.1, -0.05) is 18.6 Å². The summed E-state index contributed by atoms with van der Waals surface area (Å²) in [7, 11) is 0. The number of benzene rings is 1. The van der Waals surface area contributed by atoms with Crippen molar-refractivity contribution in [3.63, 3.8) is 0 Å². The molecule has 2 aromatic rings. The van der Waals surface area contributed by atoms with E-state index in [9.17, 15) is 0 Å². The van der Waals surface area contributed by atoms with Gasteiger partial charge in [0.25, 0.3) is 0 Å². The Labute approximate surface area is 111 Å². The van der Waals surface area contributed by atoms with Crippen LogP contribution < -0.4 is 5.32 Å². The third kappa shape index (κ3) is 2.38. The van der Waals surface area contributed by atoms with E-state index >= 15 is 0 Å². The molecule has 1 aromatic heterocycles. The maximum atomic E-state index is 6.24.